The van der Waals surface area contributed by atoms with Crippen molar-refractivity contribution in [3.8, 4) is 0 Å². The Bertz CT molecular complexity index is 718. The van der Waals surface area contributed by atoms with E-state index in [2.05, 4.69) is 15.6 Å². The Hall–Kier alpha value is -2.35. The minimum Gasteiger partial charge on any atom is -0.351 e. The van der Waals surface area contributed by atoms with E-state index < -0.39 is 17.5 Å². The van der Waals surface area contributed by atoms with Crippen LogP contribution in [0.4, 0.5) is 13.9 Å². The molecule has 2 aromatic rings. The number of nitrogens with zero attached hydrogens (tertiary/aromatic N) is 1. The first kappa shape index (κ1) is 17.0. The number of benzene rings is 1. The molecule has 0 fully saturated rings. The zero-order valence-corrected chi connectivity index (χ0v) is 13.2. The maximum absolute atomic E-state index is 13.1. The predicted molar refractivity (Wildman–Crippen MR) is 83.7 cm³/mol. The van der Waals surface area contributed by atoms with Gasteiger partial charge in [-0.2, -0.15) is 0 Å². The van der Waals surface area contributed by atoms with Crippen LogP contribution in [0, 0.1) is 11.6 Å². The fourth-order valence-electron chi connectivity index (χ4n) is 1.71. The molecule has 23 heavy (non-hydrogen) atoms. The van der Waals surface area contributed by atoms with Gasteiger partial charge in [-0.3, -0.25) is 14.9 Å². The third kappa shape index (κ3) is 4.56. The molecule has 5 nitrogen and oxygen atoms in total. The minimum absolute atomic E-state index is 0.0342. The molecule has 0 spiro atoms. The van der Waals surface area contributed by atoms with Crippen LogP contribution < -0.4 is 10.6 Å². The zero-order valence-electron chi connectivity index (χ0n) is 12.4. The Balaban J connectivity index is 1.99. The van der Waals surface area contributed by atoms with Gasteiger partial charge < -0.3 is 5.32 Å². The van der Waals surface area contributed by atoms with Crippen molar-refractivity contribution in [2.75, 3.05) is 11.9 Å². The number of aromatic nitrogens is 1. The first-order valence-electron chi connectivity index (χ1n) is 7.01. The summed E-state index contributed by atoms with van der Waals surface area (Å²) in [5.41, 5.74) is 0.166. The molecule has 122 valence electrons. The van der Waals surface area contributed by atoms with E-state index >= 15 is 0 Å². The highest BCUT2D eigenvalue weighted by atomic mass is 32.1. The molecule has 0 aliphatic heterocycles. The van der Waals surface area contributed by atoms with E-state index in [1.165, 1.54) is 11.4 Å². The van der Waals surface area contributed by atoms with E-state index in [0.717, 1.165) is 36.3 Å². The second-order valence-corrected chi connectivity index (χ2v) is 5.59. The van der Waals surface area contributed by atoms with E-state index in [1.807, 2.05) is 6.92 Å². The number of hydrogen-bond donors (Lipinski definition) is 2. The molecule has 2 amide bonds. The molecule has 2 N–H and O–H groups in total. The van der Waals surface area contributed by atoms with E-state index in [9.17, 15) is 18.4 Å². The maximum Gasteiger partial charge on any atom is 0.270 e. The van der Waals surface area contributed by atoms with Crippen molar-refractivity contribution in [3.05, 3.63) is 46.5 Å². The van der Waals surface area contributed by atoms with Gasteiger partial charge in [0.2, 0.25) is 0 Å². The zero-order chi connectivity index (χ0) is 16.8. The summed E-state index contributed by atoms with van der Waals surface area (Å²) in [6, 6.07) is 2.84. The molecule has 1 aromatic heterocycles. The normalized spacial score (nSPS) is 10.4. The average molecular weight is 339 g/mol. The summed E-state index contributed by atoms with van der Waals surface area (Å²) >= 11 is 1.08. The smallest absolute Gasteiger partial charge is 0.270 e. The van der Waals surface area contributed by atoms with Crippen molar-refractivity contribution in [1.29, 1.82) is 0 Å². The number of amides is 2. The lowest BCUT2D eigenvalue weighted by molar-refractivity contribution is 0.0947. The van der Waals surface area contributed by atoms with Gasteiger partial charge in [-0.1, -0.05) is 13.3 Å². The van der Waals surface area contributed by atoms with Gasteiger partial charge in [0.05, 0.1) is 0 Å². The van der Waals surface area contributed by atoms with Crippen molar-refractivity contribution in [3.63, 3.8) is 0 Å². The first-order chi connectivity index (χ1) is 11.0. The van der Waals surface area contributed by atoms with Crippen LogP contribution in [0.1, 0.15) is 40.6 Å². The Morgan fingerprint density at radius 3 is 2.70 bits per heavy atom. The number of anilines is 1. The molecule has 0 bridgehead atoms. The maximum atomic E-state index is 13.1. The average Bonchev–Trinajstić information content (AvgIpc) is 2.98. The van der Waals surface area contributed by atoms with Crippen molar-refractivity contribution in [1.82, 2.24) is 10.3 Å². The van der Waals surface area contributed by atoms with Gasteiger partial charge in [-0.15, -0.1) is 11.3 Å². The molecule has 0 aliphatic rings. The molecule has 0 saturated carbocycles. The highest BCUT2D eigenvalue weighted by molar-refractivity contribution is 7.14. The quantitative estimate of drug-likeness (QED) is 0.794. The Kier molecular flexibility index (Phi) is 5.75. The second-order valence-electron chi connectivity index (χ2n) is 4.73. The van der Waals surface area contributed by atoms with Crippen LogP contribution in [0.3, 0.4) is 0 Å². The van der Waals surface area contributed by atoms with Gasteiger partial charge in [-0.25, -0.2) is 13.8 Å². The highest BCUT2D eigenvalue weighted by Gasteiger charge is 2.14. The minimum atomic E-state index is -1.10. The third-order valence-corrected chi connectivity index (χ3v) is 3.71. The van der Waals surface area contributed by atoms with Crippen molar-refractivity contribution in [2.45, 2.75) is 19.8 Å². The van der Waals surface area contributed by atoms with Crippen LogP contribution in [0.5, 0.6) is 0 Å². The lowest BCUT2D eigenvalue weighted by Crippen LogP contribution is -2.24. The summed E-state index contributed by atoms with van der Waals surface area (Å²) in [7, 11) is 0. The molecular weight excluding hydrogens is 324 g/mol. The van der Waals surface area contributed by atoms with Crippen LogP contribution in [-0.2, 0) is 0 Å². The molecule has 1 heterocycles. The fourth-order valence-corrected chi connectivity index (χ4v) is 2.40. The molecular formula is C15H15F2N3O2S. The van der Waals surface area contributed by atoms with Crippen LogP contribution >= 0.6 is 11.3 Å². The summed E-state index contributed by atoms with van der Waals surface area (Å²) < 4.78 is 26.0. The molecule has 0 aliphatic carbocycles. The van der Waals surface area contributed by atoms with Gasteiger partial charge in [0, 0.05) is 17.5 Å². The van der Waals surface area contributed by atoms with E-state index in [4.69, 9.17) is 0 Å². The summed E-state index contributed by atoms with van der Waals surface area (Å²) in [6.07, 6.45) is 1.84. The number of unbranched alkanes of at least 4 members (excludes halogenated alkanes) is 1. The number of halogens is 2. The van der Waals surface area contributed by atoms with E-state index in [-0.39, 0.29) is 22.3 Å². The van der Waals surface area contributed by atoms with Crippen LogP contribution in [0.15, 0.2) is 23.6 Å². The Labute approximate surface area is 135 Å². The molecule has 0 saturated heterocycles. The van der Waals surface area contributed by atoms with Crippen molar-refractivity contribution >= 4 is 28.3 Å². The molecule has 0 unspecified atom stereocenters. The number of carbonyl (C=O) groups is 2. The number of carbonyl (C=O) groups excluding carboxylic acids is 2. The number of nitrogens with one attached hydrogen (secondary N) is 2. The third-order valence-electron chi connectivity index (χ3n) is 2.95. The topological polar surface area (TPSA) is 71.1 Å². The highest BCUT2D eigenvalue weighted by Crippen LogP contribution is 2.17. The first-order valence-corrected chi connectivity index (χ1v) is 7.89. The number of hydrogen-bond acceptors (Lipinski definition) is 4. The molecule has 0 atom stereocenters. The van der Waals surface area contributed by atoms with Crippen LogP contribution in [0.25, 0.3) is 0 Å². The summed E-state index contributed by atoms with van der Waals surface area (Å²) in [4.78, 5) is 27.7. The van der Waals surface area contributed by atoms with E-state index in [0.29, 0.717) is 6.54 Å². The monoisotopic (exact) mass is 339 g/mol. The summed E-state index contributed by atoms with van der Waals surface area (Å²) in [5, 5.41) is 6.88. The summed E-state index contributed by atoms with van der Waals surface area (Å²) in [6.45, 7) is 2.57. The second kappa shape index (κ2) is 7.77. The van der Waals surface area contributed by atoms with Gasteiger partial charge in [0.25, 0.3) is 11.8 Å². The van der Waals surface area contributed by atoms with Crippen LogP contribution in [-0.4, -0.2) is 23.3 Å². The van der Waals surface area contributed by atoms with Gasteiger partial charge in [-0.05, 0) is 24.6 Å². The molecule has 0 radical (unpaired) electrons. The predicted octanol–water partition coefficient (Wildman–Crippen LogP) is 3.20. The standard InChI is InChI=1S/C15H15F2N3O2S/c1-2-3-6-18-14(22)12-8-23-15(19-12)20-13(21)9-4-5-10(16)11(17)7-9/h4-5,7-8H,2-3,6H2,1H3,(H,18,22)(H,19,20,21). The van der Waals surface area contributed by atoms with Crippen molar-refractivity contribution < 1.29 is 18.4 Å². The van der Waals surface area contributed by atoms with Gasteiger partial charge in [0.1, 0.15) is 5.69 Å². The largest absolute Gasteiger partial charge is 0.351 e. The van der Waals surface area contributed by atoms with Crippen LogP contribution in [0.2, 0.25) is 0 Å². The van der Waals surface area contributed by atoms with Gasteiger partial charge in [0.15, 0.2) is 16.8 Å². The Morgan fingerprint density at radius 1 is 1.22 bits per heavy atom. The lowest BCUT2D eigenvalue weighted by Gasteiger charge is -2.02. The lowest BCUT2D eigenvalue weighted by atomic mass is 10.2. The molecule has 2 rings (SSSR count). The Morgan fingerprint density at radius 2 is 2.00 bits per heavy atom. The van der Waals surface area contributed by atoms with Crippen molar-refractivity contribution in [2.24, 2.45) is 0 Å². The molecule has 1 aromatic carbocycles. The number of thiazole rings is 1. The fraction of sp³-hybridized carbons (Fsp3) is 0.267. The van der Waals surface area contributed by atoms with E-state index in [1.54, 1.807) is 0 Å². The number of rotatable bonds is 6. The molecule has 8 heteroatoms. The summed E-state index contributed by atoms with van der Waals surface area (Å²) in [5.74, 6) is -3.08. The van der Waals surface area contributed by atoms with Gasteiger partial charge >= 0.3 is 0 Å². The SMILES string of the molecule is CCCCNC(=O)c1csc(NC(=O)c2ccc(F)c(F)c2)n1.